The second-order valence-electron chi connectivity index (χ2n) is 5.98. The molecule has 2 aromatic heterocycles. The highest BCUT2D eigenvalue weighted by Crippen LogP contribution is 2.23. The predicted octanol–water partition coefficient (Wildman–Crippen LogP) is 3.01. The van der Waals surface area contributed by atoms with Gasteiger partial charge >= 0.3 is 0 Å². The number of rotatable bonds is 3. The summed E-state index contributed by atoms with van der Waals surface area (Å²) in [4.78, 5) is 6.80. The fourth-order valence-corrected chi connectivity index (χ4v) is 2.99. The molecule has 6 nitrogen and oxygen atoms in total. The van der Waals surface area contributed by atoms with Crippen LogP contribution in [0.1, 0.15) is 18.4 Å². The molecule has 0 atom stereocenters. The molecule has 4 rings (SSSR count). The summed E-state index contributed by atoms with van der Waals surface area (Å²) in [5.74, 6) is 0.947. The average Bonchev–Trinajstić information content (AvgIpc) is 2.97. The Morgan fingerprint density at radius 3 is 2.87 bits per heavy atom. The van der Waals surface area contributed by atoms with Crippen LogP contribution in [0, 0.1) is 6.92 Å². The van der Waals surface area contributed by atoms with Gasteiger partial charge in [0.15, 0.2) is 11.4 Å². The number of anilines is 2. The largest absolute Gasteiger partial charge is 0.424 e. The predicted molar refractivity (Wildman–Crippen MR) is 89.6 cm³/mol. The third kappa shape index (κ3) is 2.97. The topological polar surface area (TPSA) is 67.1 Å². The first-order chi connectivity index (χ1) is 11.3. The van der Waals surface area contributed by atoms with Crippen LogP contribution in [0.3, 0.4) is 0 Å². The van der Waals surface area contributed by atoms with E-state index in [1.807, 2.05) is 30.3 Å². The van der Waals surface area contributed by atoms with E-state index in [0.29, 0.717) is 12.1 Å². The van der Waals surface area contributed by atoms with Gasteiger partial charge in [-0.1, -0.05) is 6.07 Å². The van der Waals surface area contributed by atoms with Gasteiger partial charge in [-0.2, -0.15) is 10.1 Å². The fourth-order valence-electron chi connectivity index (χ4n) is 2.99. The van der Waals surface area contributed by atoms with Crippen molar-refractivity contribution in [2.45, 2.75) is 25.8 Å². The number of nitrogens with one attached hydrogen (secondary N) is 1. The lowest BCUT2D eigenvalue weighted by molar-refractivity contribution is 0.502. The van der Waals surface area contributed by atoms with Crippen molar-refractivity contribution >= 4 is 22.9 Å². The Morgan fingerprint density at radius 2 is 2.09 bits per heavy atom. The summed E-state index contributed by atoms with van der Waals surface area (Å²) in [5.41, 5.74) is 2.93. The molecule has 1 saturated heterocycles. The van der Waals surface area contributed by atoms with Gasteiger partial charge in [0, 0.05) is 25.3 Å². The highest BCUT2D eigenvalue weighted by Gasteiger charge is 2.21. The van der Waals surface area contributed by atoms with Crippen molar-refractivity contribution in [2.75, 3.05) is 23.3 Å². The van der Waals surface area contributed by atoms with Crippen molar-refractivity contribution in [1.29, 1.82) is 0 Å². The molecule has 0 amide bonds. The second-order valence-corrected chi connectivity index (χ2v) is 5.98. The molecule has 0 unspecified atom stereocenters. The SMILES string of the molecule is Cc1ccc2oc(NC3CCN(c4cccnn4)CC3)nc2c1. The molecule has 1 aliphatic heterocycles. The Hall–Kier alpha value is -2.63. The van der Waals surface area contributed by atoms with Gasteiger partial charge in [0.25, 0.3) is 6.01 Å². The van der Waals surface area contributed by atoms with E-state index in [9.17, 15) is 0 Å². The Bertz CT molecular complexity index is 793. The highest BCUT2D eigenvalue weighted by molar-refractivity contribution is 5.75. The molecule has 0 aliphatic carbocycles. The van der Waals surface area contributed by atoms with Crippen molar-refractivity contribution in [2.24, 2.45) is 0 Å². The smallest absolute Gasteiger partial charge is 0.295 e. The summed E-state index contributed by atoms with van der Waals surface area (Å²) in [6.07, 6.45) is 3.75. The van der Waals surface area contributed by atoms with E-state index in [-0.39, 0.29) is 0 Å². The Kier molecular flexibility index (Phi) is 3.57. The van der Waals surface area contributed by atoms with Crippen LogP contribution in [-0.2, 0) is 0 Å². The molecule has 3 aromatic rings. The minimum absolute atomic E-state index is 0.372. The van der Waals surface area contributed by atoms with Gasteiger partial charge in [-0.25, -0.2) is 0 Å². The summed E-state index contributed by atoms with van der Waals surface area (Å²) in [6.45, 7) is 3.97. The average molecular weight is 309 g/mol. The first-order valence-corrected chi connectivity index (χ1v) is 7.94. The molecular formula is C17H19N5O. The number of hydrogen-bond donors (Lipinski definition) is 1. The van der Waals surface area contributed by atoms with Gasteiger partial charge in [-0.3, -0.25) is 0 Å². The third-order valence-electron chi connectivity index (χ3n) is 4.25. The van der Waals surface area contributed by atoms with Gasteiger partial charge in [0.05, 0.1) is 0 Å². The number of benzene rings is 1. The quantitative estimate of drug-likeness (QED) is 0.802. The second kappa shape index (κ2) is 5.87. The molecular weight excluding hydrogens is 290 g/mol. The van der Waals surface area contributed by atoms with Crippen molar-refractivity contribution in [1.82, 2.24) is 15.2 Å². The first-order valence-electron chi connectivity index (χ1n) is 7.94. The van der Waals surface area contributed by atoms with Crippen molar-refractivity contribution in [3.05, 3.63) is 42.1 Å². The van der Waals surface area contributed by atoms with Crippen molar-refractivity contribution in [3.63, 3.8) is 0 Å². The lowest BCUT2D eigenvalue weighted by Crippen LogP contribution is -2.39. The van der Waals surface area contributed by atoms with E-state index < -0.39 is 0 Å². The van der Waals surface area contributed by atoms with Crippen LogP contribution >= 0.6 is 0 Å². The van der Waals surface area contributed by atoms with Crippen molar-refractivity contribution in [3.8, 4) is 0 Å². The molecule has 3 heterocycles. The van der Waals surface area contributed by atoms with Crippen LogP contribution in [-0.4, -0.2) is 34.3 Å². The van der Waals surface area contributed by atoms with E-state index in [4.69, 9.17) is 4.42 Å². The molecule has 1 aliphatic rings. The van der Waals surface area contributed by atoms with Gasteiger partial charge in [-0.15, -0.1) is 5.10 Å². The Morgan fingerprint density at radius 1 is 1.22 bits per heavy atom. The number of nitrogens with zero attached hydrogens (tertiary/aromatic N) is 4. The van der Waals surface area contributed by atoms with Crippen LogP contribution in [0.25, 0.3) is 11.1 Å². The van der Waals surface area contributed by atoms with Gasteiger partial charge in [0.2, 0.25) is 0 Å². The molecule has 1 aromatic carbocycles. The standard InChI is InChI=1S/C17H19N5O/c1-12-4-5-15-14(11-12)20-17(23-15)19-13-6-9-22(10-7-13)16-3-2-8-18-21-16/h2-5,8,11,13H,6-7,9-10H2,1H3,(H,19,20). The lowest BCUT2D eigenvalue weighted by atomic mass is 10.1. The zero-order valence-corrected chi connectivity index (χ0v) is 13.1. The lowest BCUT2D eigenvalue weighted by Gasteiger charge is -2.32. The number of piperidine rings is 1. The van der Waals surface area contributed by atoms with E-state index in [0.717, 1.165) is 42.8 Å². The number of oxazole rings is 1. The number of fused-ring (bicyclic) bond motifs is 1. The van der Waals surface area contributed by atoms with Crippen LogP contribution in [0.5, 0.6) is 0 Å². The zero-order chi connectivity index (χ0) is 15.6. The Balaban J connectivity index is 1.40. The summed E-state index contributed by atoms with van der Waals surface area (Å²) >= 11 is 0. The maximum Gasteiger partial charge on any atom is 0.295 e. The molecule has 23 heavy (non-hydrogen) atoms. The molecule has 0 spiro atoms. The summed E-state index contributed by atoms with van der Waals surface area (Å²) in [5, 5.41) is 11.5. The zero-order valence-electron chi connectivity index (χ0n) is 13.1. The molecule has 1 N–H and O–H groups in total. The first kappa shape index (κ1) is 14.0. The van der Waals surface area contributed by atoms with Gasteiger partial charge < -0.3 is 14.6 Å². The summed E-state index contributed by atoms with van der Waals surface area (Å²) in [7, 11) is 0. The minimum Gasteiger partial charge on any atom is -0.424 e. The minimum atomic E-state index is 0.372. The van der Waals surface area contributed by atoms with Gasteiger partial charge in [-0.05, 0) is 49.6 Å². The van der Waals surface area contributed by atoms with Crippen LogP contribution in [0.15, 0.2) is 40.9 Å². The third-order valence-corrected chi connectivity index (χ3v) is 4.25. The van der Waals surface area contributed by atoms with E-state index in [1.54, 1.807) is 6.20 Å². The van der Waals surface area contributed by atoms with Crippen molar-refractivity contribution < 1.29 is 4.42 Å². The molecule has 0 radical (unpaired) electrons. The maximum atomic E-state index is 5.78. The van der Waals surface area contributed by atoms with Crippen LogP contribution in [0.4, 0.5) is 11.8 Å². The number of aryl methyl sites for hydroxylation is 1. The monoisotopic (exact) mass is 309 g/mol. The molecule has 118 valence electrons. The van der Waals surface area contributed by atoms with E-state index in [1.165, 1.54) is 5.56 Å². The van der Waals surface area contributed by atoms with E-state index >= 15 is 0 Å². The summed E-state index contributed by atoms with van der Waals surface area (Å²) < 4.78 is 5.78. The molecule has 6 heteroatoms. The normalized spacial score (nSPS) is 16.0. The number of aromatic nitrogens is 3. The van der Waals surface area contributed by atoms with Crippen LogP contribution in [0.2, 0.25) is 0 Å². The van der Waals surface area contributed by atoms with E-state index in [2.05, 4.69) is 32.3 Å². The Labute approximate surface area is 134 Å². The highest BCUT2D eigenvalue weighted by atomic mass is 16.4. The number of hydrogen-bond acceptors (Lipinski definition) is 6. The van der Waals surface area contributed by atoms with Gasteiger partial charge in [0.1, 0.15) is 5.52 Å². The maximum absolute atomic E-state index is 5.78. The summed E-state index contributed by atoms with van der Waals surface area (Å²) in [6, 6.07) is 11.0. The van der Waals surface area contributed by atoms with Crippen LogP contribution < -0.4 is 10.2 Å². The molecule has 0 saturated carbocycles. The fraction of sp³-hybridized carbons (Fsp3) is 0.353. The molecule has 1 fully saturated rings. The molecule has 0 bridgehead atoms.